The van der Waals surface area contributed by atoms with Crippen LogP contribution in [-0.4, -0.2) is 12.1 Å². The molecule has 1 aromatic carbocycles. The summed E-state index contributed by atoms with van der Waals surface area (Å²) in [7, 11) is 0. The Labute approximate surface area is 116 Å². The molecule has 1 fully saturated rings. The molecule has 1 aromatic rings. The second-order valence-electron chi connectivity index (χ2n) is 6.11. The second-order valence-corrected chi connectivity index (χ2v) is 6.55. The summed E-state index contributed by atoms with van der Waals surface area (Å²) < 4.78 is 0. The molecule has 1 nitrogen and oxygen atoms in total. The highest BCUT2D eigenvalue weighted by Gasteiger charge is 2.30. The Balaban J connectivity index is 1.75. The first-order valence-electron chi connectivity index (χ1n) is 7.06. The fraction of sp³-hybridized carbons (Fsp3) is 0.625. The van der Waals surface area contributed by atoms with Crippen LogP contribution in [0.25, 0.3) is 0 Å². The van der Waals surface area contributed by atoms with E-state index in [1.807, 2.05) is 12.1 Å². The van der Waals surface area contributed by atoms with Gasteiger partial charge in [-0.15, -0.1) is 0 Å². The first-order valence-corrected chi connectivity index (χ1v) is 7.44. The monoisotopic (exact) mass is 265 g/mol. The van der Waals surface area contributed by atoms with Crippen LogP contribution in [0.3, 0.4) is 0 Å². The van der Waals surface area contributed by atoms with Crippen molar-refractivity contribution in [3.05, 3.63) is 34.9 Å². The number of benzene rings is 1. The van der Waals surface area contributed by atoms with Gasteiger partial charge in [0.25, 0.3) is 0 Å². The van der Waals surface area contributed by atoms with Gasteiger partial charge in [0.15, 0.2) is 0 Å². The lowest BCUT2D eigenvalue weighted by atomic mass is 9.75. The van der Waals surface area contributed by atoms with E-state index in [-0.39, 0.29) is 0 Å². The van der Waals surface area contributed by atoms with Gasteiger partial charge in [-0.2, -0.15) is 0 Å². The maximum atomic E-state index is 5.91. The first-order chi connectivity index (χ1) is 8.54. The van der Waals surface area contributed by atoms with Crippen LogP contribution in [0.4, 0.5) is 0 Å². The molecule has 2 heteroatoms. The highest BCUT2D eigenvalue weighted by molar-refractivity contribution is 6.30. The van der Waals surface area contributed by atoms with E-state index in [1.165, 1.54) is 24.8 Å². The van der Waals surface area contributed by atoms with Gasteiger partial charge in [0, 0.05) is 17.1 Å². The van der Waals surface area contributed by atoms with Crippen LogP contribution < -0.4 is 5.32 Å². The highest BCUT2D eigenvalue weighted by Crippen LogP contribution is 2.37. The minimum absolute atomic E-state index is 0.640. The van der Waals surface area contributed by atoms with Crippen molar-refractivity contribution in [2.24, 2.45) is 5.92 Å². The molecule has 0 amide bonds. The summed E-state index contributed by atoms with van der Waals surface area (Å²) in [6.45, 7) is 6.88. The number of hydrogen-bond donors (Lipinski definition) is 1. The standard InChI is InChI=1S/C16H24ClN/c1-11(2)8-12(3)18-16-9-14(10-16)13-4-6-15(17)7-5-13/h4-7,11-12,14,16,18H,8-10H2,1-3H3. The first kappa shape index (κ1) is 13.9. The van der Waals surface area contributed by atoms with Crippen molar-refractivity contribution >= 4 is 11.6 Å². The molecule has 1 aliphatic carbocycles. The zero-order valence-electron chi connectivity index (χ0n) is 11.6. The number of halogens is 1. The molecule has 1 aliphatic rings. The van der Waals surface area contributed by atoms with Crippen LogP contribution in [0.15, 0.2) is 24.3 Å². The average Bonchev–Trinajstić information content (AvgIpc) is 2.23. The fourth-order valence-corrected chi connectivity index (χ4v) is 3.06. The quantitative estimate of drug-likeness (QED) is 0.820. The van der Waals surface area contributed by atoms with E-state index in [9.17, 15) is 0 Å². The predicted octanol–water partition coefficient (Wildman–Crippen LogP) is 4.61. The summed E-state index contributed by atoms with van der Waals surface area (Å²) in [6.07, 6.45) is 3.80. The zero-order chi connectivity index (χ0) is 13.1. The molecular formula is C16H24ClN. The second kappa shape index (κ2) is 6.08. The summed E-state index contributed by atoms with van der Waals surface area (Å²) in [4.78, 5) is 0. The Morgan fingerprint density at radius 2 is 1.78 bits per heavy atom. The van der Waals surface area contributed by atoms with Crippen LogP contribution >= 0.6 is 11.6 Å². The molecule has 0 saturated heterocycles. The summed E-state index contributed by atoms with van der Waals surface area (Å²) in [5.41, 5.74) is 1.44. The Morgan fingerprint density at radius 1 is 1.17 bits per heavy atom. The van der Waals surface area contributed by atoms with Gasteiger partial charge in [-0.05, 0) is 55.7 Å². The lowest BCUT2D eigenvalue weighted by molar-refractivity contribution is 0.257. The van der Waals surface area contributed by atoms with Crippen molar-refractivity contribution in [1.82, 2.24) is 5.32 Å². The maximum Gasteiger partial charge on any atom is 0.0406 e. The third-order valence-electron chi connectivity index (χ3n) is 3.82. The minimum atomic E-state index is 0.640. The lowest BCUT2D eigenvalue weighted by Gasteiger charge is -2.38. The van der Waals surface area contributed by atoms with Crippen molar-refractivity contribution < 1.29 is 0 Å². The molecule has 100 valence electrons. The number of rotatable bonds is 5. The lowest BCUT2D eigenvalue weighted by Crippen LogP contribution is -2.44. The Morgan fingerprint density at radius 3 is 2.33 bits per heavy atom. The van der Waals surface area contributed by atoms with E-state index >= 15 is 0 Å². The van der Waals surface area contributed by atoms with E-state index < -0.39 is 0 Å². The molecule has 0 spiro atoms. The van der Waals surface area contributed by atoms with Crippen LogP contribution in [-0.2, 0) is 0 Å². The fourth-order valence-electron chi connectivity index (χ4n) is 2.94. The number of nitrogens with one attached hydrogen (secondary N) is 1. The maximum absolute atomic E-state index is 5.91. The molecule has 18 heavy (non-hydrogen) atoms. The van der Waals surface area contributed by atoms with E-state index in [0.717, 1.165) is 16.9 Å². The molecule has 1 N–H and O–H groups in total. The molecule has 1 saturated carbocycles. The van der Waals surface area contributed by atoms with Crippen LogP contribution in [0.1, 0.15) is 51.5 Å². The molecule has 0 aromatic heterocycles. The van der Waals surface area contributed by atoms with Crippen LogP contribution in [0.2, 0.25) is 5.02 Å². The third-order valence-corrected chi connectivity index (χ3v) is 4.08. The molecule has 0 bridgehead atoms. The third kappa shape index (κ3) is 3.73. The average molecular weight is 266 g/mol. The van der Waals surface area contributed by atoms with Gasteiger partial charge in [-0.3, -0.25) is 0 Å². The van der Waals surface area contributed by atoms with E-state index in [0.29, 0.717) is 12.1 Å². The van der Waals surface area contributed by atoms with Crippen molar-refractivity contribution in [1.29, 1.82) is 0 Å². The van der Waals surface area contributed by atoms with Crippen molar-refractivity contribution in [2.45, 2.75) is 58.0 Å². The summed E-state index contributed by atoms with van der Waals surface area (Å²) in [6, 6.07) is 9.68. The topological polar surface area (TPSA) is 12.0 Å². The zero-order valence-corrected chi connectivity index (χ0v) is 12.4. The molecule has 1 unspecified atom stereocenters. The van der Waals surface area contributed by atoms with Gasteiger partial charge in [0.2, 0.25) is 0 Å². The molecule has 2 rings (SSSR count). The van der Waals surface area contributed by atoms with E-state index in [1.54, 1.807) is 0 Å². The smallest absolute Gasteiger partial charge is 0.0406 e. The van der Waals surface area contributed by atoms with Gasteiger partial charge >= 0.3 is 0 Å². The summed E-state index contributed by atoms with van der Waals surface area (Å²) in [5.74, 6) is 1.51. The minimum Gasteiger partial charge on any atom is -0.311 e. The van der Waals surface area contributed by atoms with Crippen molar-refractivity contribution in [3.8, 4) is 0 Å². The highest BCUT2D eigenvalue weighted by atomic mass is 35.5. The Bertz CT molecular complexity index is 365. The largest absolute Gasteiger partial charge is 0.311 e. The molecular weight excluding hydrogens is 242 g/mol. The van der Waals surface area contributed by atoms with Gasteiger partial charge in [-0.25, -0.2) is 0 Å². The number of hydrogen-bond acceptors (Lipinski definition) is 1. The molecule has 0 aliphatic heterocycles. The van der Waals surface area contributed by atoms with Gasteiger partial charge in [-0.1, -0.05) is 37.6 Å². The van der Waals surface area contributed by atoms with Crippen LogP contribution in [0.5, 0.6) is 0 Å². The Kier molecular flexibility index (Phi) is 4.69. The molecule has 0 heterocycles. The normalized spacial score (nSPS) is 24.9. The van der Waals surface area contributed by atoms with Crippen molar-refractivity contribution in [3.63, 3.8) is 0 Å². The van der Waals surface area contributed by atoms with Crippen LogP contribution in [0, 0.1) is 5.92 Å². The van der Waals surface area contributed by atoms with E-state index in [4.69, 9.17) is 11.6 Å². The van der Waals surface area contributed by atoms with Gasteiger partial charge in [0.05, 0.1) is 0 Å². The Hall–Kier alpha value is -0.530. The summed E-state index contributed by atoms with van der Waals surface area (Å²) >= 11 is 5.91. The summed E-state index contributed by atoms with van der Waals surface area (Å²) in [5, 5.41) is 4.56. The van der Waals surface area contributed by atoms with E-state index in [2.05, 4.69) is 38.2 Å². The van der Waals surface area contributed by atoms with Crippen molar-refractivity contribution in [2.75, 3.05) is 0 Å². The predicted molar refractivity (Wildman–Crippen MR) is 79.3 cm³/mol. The molecule has 1 atom stereocenters. The van der Waals surface area contributed by atoms with Gasteiger partial charge < -0.3 is 5.32 Å². The molecule has 0 radical (unpaired) electrons. The van der Waals surface area contributed by atoms with Gasteiger partial charge in [0.1, 0.15) is 0 Å². The SMILES string of the molecule is CC(C)CC(C)NC1CC(c2ccc(Cl)cc2)C1.